The molecule has 0 radical (unpaired) electrons. The monoisotopic (exact) mass is 518 g/mol. The van der Waals surface area contributed by atoms with Crippen LogP contribution in [0, 0.1) is 40.8 Å². The third kappa shape index (κ3) is 5.17. The van der Waals surface area contributed by atoms with E-state index < -0.39 is 69.7 Å². The van der Waals surface area contributed by atoms with Gasteiger partial charge in [-0.15, -0.1) is 0 Å². The Morgan fingerprint density at radius 1 is 0.806 bits per heavy atom. The van der Waals surface area contributed by atoms with Crippen LogP contribution in [0.4, 0.5) is 35.1 Å². The zero-order valence-corrected chi connectivity index (χ0v) is 18.6. The highest BCUT2D eigenvalue weighted by molar-refractivity contribution is 5.65. The maximum absolute atomic E-state index is 14.7. The molecule has 0 unspecified atom stereocenters. The van der Waals surface area contributed by atoms with Crippen LogP contribution >= 0.6 is 0 Å². The van der Waals surface area contributed by atoms with E-state index in [1.807, 2.05) is 6.92 Å². The highest BCUT2D eigenvalue weighted by Crippen LogP contribution is 2.38. The van der Waals surface area contributed by atoms with Crippen LogP contribution in [-0.4, -0.2) is 13.2 Å². The Hall–Kier alpha value is -3.18. The lowest BCUT2D eigenvalue weighted by Gasteiger charge is -2.29. The molecular formula is C25H18F8O3. The average molecular weight is 518 g/mol. The van der Waals surface area contributed by atoms with Crippen molar-refractivity contribution in [3.8, 4) is 16.9 Å². The number of hydrogen-bond acceptors (Lipinski definition) is 3. The SMILES string of the molecule is CCC1COC(c2cc(F)c(C(F)(F)Oc3ccc(-c4cc(F)c(F)c(F)c4)c(F)c3)c(F)c2)OC1. The summed E-state index contributed by atoms with van der Waals surface area (Å²) >= 11 is 0. The first-order valence-corrected chi connectivity index (χ1v) is 10.7. The molecule has 0 bridgehead atoms. The molecule has 0 aromatic heterocycles. The van der Waals surface area contributed by atoms with Crippen molar-refractivity contribution in [1.82, 2.24) is 0 Å². The maximum Gasteiger partial charge on any atom is 0.432 e. The predicted molar refractivity (Wildman–Crippen MR) is 111 cm³/mol. The van der Waals surface area contributed by atoms with E-state index in [9.17, 15) is 35.1 Å². The standard InChI is InChI=1S/C25H18F8O3/c1-2-12-10-34-24(35-11-12)14-7-18(27)22(19(28)8-14)25(32,33)36-15-3-4-16(17(26)9-15)13-5-20(29)23(31)21(30)6-13/h3-9,12,24H,2,10-11H2,1H3. The largest absolute Gasteiger partial charge is 0.432 e. The summed E-state index contributed by atoms with van der Waals surface area (Å²) in [6.07, 6.45) is -4.95. The number of alkyl halides is 2. The third-order valence-electron chi connectivity index (χ3n) is 5.65. The Labute approximate surface area is 200 Å². The molecule has 1 aliphatic rings. The number of halogens is 8. The quantitative estimate of drug-likeness (QED) is 0.252. The predicted octanol–water partition coefficient (Wildman–Crippen LogP) is 7.39. The van der Waals surface area contributed by atoms with Gasteiger partial charge in [0.2, 0.25) is 0 Å². The van der Waals surface area contributed by atoms with Crippen LogP contribution in [0.5, 0.6) is 5.75 Å². The van der Waals surface area contributed by atoms with E-state index in [-0.39, 0.29) is 24.7 Å². The smallest absolute Gasteiger partial charge is 0.429 e. The van der Waals surface area contributed by atoms with Gasteiger partial charge in [-0.1, -0.05) is 6.92 Å². The fourth-order valence-electron chi connectivity index (χ4n) is 3.68. The maximum atomic E-state index is 14.7. The molecule has 1 heterocycles. The average Bonchev–Trinajstić information content (AvgIpc) is 2.81. The lowest BCUT2D eigenvalue weighted by Crippen LogP contribution is -2.28. The molecule has 3 aromatic rings. The summed E-state index contributed by atoms with van der Waals surface area (Å²) in [5.41, 5.74) is -2.73. The first-order valence-electron chi connectivity index (χ1n) is 10.7. The van der Waals surface area contributed by atoms with Crippen molar-refractivity contribution >= 4 is 0 Å². The Morgan fingerprint density at radius 3 is 1.92 bits per heavy atom. The molecule has 0 amide bonds. The summed E-state index contributed by atoms with van der Waals surface area (Å²) < 4.78 is 128. The van der Waals surface area contributed by atoms with Gasteiger partial charge >= 0.3 is 6.11 Å². The number of ether oxygens (including phenoxy) is 3. The first kappa shape index (κ1) is 25.9. The molecule has 0 atom stereocenters. The molecule has 192 valence electrons. The van der Waals surface area contributed by atoms with E-state index in [1.54, 1.807) is 0 Å². The number of rotatable bonds is 6. The second-order valence-electron chi connectivity index (χ2n) is 8.15. The zero-order chi connectivity index (χ0) is 26.2. The van der Waals surface area contributed by atoms with Gasteiger partial charge in [-0.3, -0.25) is 0 Å². The molecule has 0 saturated carbocycles. The lowest BCUT2D eigenvalue weighted by molar-refractivity contribution is -0.206. The number of hydrogen-bond donors (Lipinski definition) is 0. The van der Waals surface area contributed by atoms with Crippen molar-refractivity contribution in [2.75, 3.05) is 13.2 Å². The van der Waals surface area contributed by atoms with Gasteiger partial charge in [-0.05, 0) is 48.4 Å². The van der Waals surface area contributed by atoms with Crippen molar-refractivity contribution in [2.45, 2.75) is 25.7 Å². The Morgan fingerprint density at radius 2 is 1.39 bits per heavy atom. The van der Waals surface area contributed by atoms with Crippen molar-refractivity contribution in [1.29, 1.82) is 0 Å². The molecule has 1 aliphatic heterocycles. The van der Waals surface area contributed by atoms with Crippen LogP contribution in [0.2, 0.25) is 0 Å². The Balaban J connectivity index is 1.57. The normalized spacial score (nSPS) is 18.4. The minimum absolute atomic E-state index is 0.0980. The van der Waals surface area contributed by atoms with E-state index in [1.165, 1.54) is 0 Å². The summed E-state index contributed by atoms with van der Waals surface area (Å²) in [6.45, 7) is 2.45. The molecule has 3 nitrogen and oxygen atoms in total. The highest BCUT2D eigenvalue weighted by Gasteiger charge is 2.42. The van der Waals surface area contributed by atoms with Gasteiger partial charge < -0.3 is 14.2 Å². The van der Waals surface area contributed by atoms with E-state index >= 15 is 0 Å². The minimum atomic E-state index is -4.57. The Bertz CT molecular complexity index is 1230. The van der Waals surface area contributed by atoms with Crippen molar-refractivity contribution in [3.63, 3.8) is 0 Å². The molecule has 4 rings (SSSR count). The molecule has 0 N–H and O–H groups in total. The summed E-state index contributed by atoms with van der Waals surface area (Å²) in [4.78, 5) is 0. The topological polar surface area (TPSA) is 27.7 Å². The van der Waals surface area contributed by atoms with Gasteiger partial charge in [0.25, 0.3) is 0 Å². The van der Waals surface area contributed by atoms with Gasteiger partial charge in [0.05, 0.1) is 13.2 Å². The zero-order valence-electron chi connectivity index (χ0n) is 18.6. The molecule has 11 heteroatoms. The third-order valence-corrected chi connectivity index (χ3v) is 5.65. The molecule has 0 spiro atoms. The van der Waals surface area contributed by atoms with Gasteiger partial charge in [0, 0.05) is 23.1 Å². The van der Waals surface area contributed by atoms with Crippen LogP contribution < -0.4 is 4.74 Å². The summed E-state index contributed by atoms with van der Waals surface area (Å²) in [5.74, 6) is -10.2. The van der Waals surface area contributed by atoms with Crippen molar-refractivity contribution in [2.24, 2.45) is 5.92 Å². The lowest BCUT2D eigenvalue weighted by atomic mass is 10.0. The van der Waals surface area contributed by atoms with Crippen LogP contribution in [0.25, 0.3) is 11.1 Å². The van der Waals surface area contributed by atoms with E-state index in [0.717, 1.165) is 18.6 Å². The molecule has 0 aliphatic carbocycles. The van der Waals surface area contributed by atoms with Gasteiger partial charge in [0.15, 0.2) is 23.7 Å². The highest BCUT2D eigenvalue weighted by atomic mass is 19.3. The van der Waals surface area contributed by atoms with E-state index in [0.29, 0.717) is 30.3 Å². The molecule has 1 fully saturated rings. The fourth-order valence-corrected chi connectivity index (χ4v) is 3.68. The molecule has 3 aromatic carbocycles. The minimum Gasteiger partial charge on any atom is -0.429 e. The summed E-state index contributed by atoms with van der Waals surface area (Å²) in [5, 5.41) is 0. The summed E-state index contributed by atoms with van der Waals surface area (Å²) in [7, 11) is 0. The second-order valence-corrected chi connectivity index (χ2v) is 8.15. The van der Waals surface area contributed by atoms with Crippen LogP contribution in [0.15, 0.2) is 42.5 Å². The van der Waals surface area contributed by atoms with Gasteiger partial charge in [-0.2, -0.15) is 8.78 Å². The molecule has 36 heavy (non-hydrogen) atoms. The van der Waals surface area contributed by atoms with E-state index in [4.69, 9.17) is 9.47 Å². The fraction of sp³-hybridized carbons (Fsp3) is 0.280. The van der Waals surface area contributed by atoms with Crippen LogP contribution in [0.1, 0.15) is 30.8 Å². The molecular weight excluding hydrogens is 500 g/mol. The number of benzene rings is 3. The van der Waals surface area contributed by atoms with Gasteiger partial charge in [-0.25, -0.2) is 26.3 Å². The Kier molecular flexibility index (Phi) is 7.24. The van der Waals surface area contributed by atoms with Crippen molar-refractivity contribution in [3.05, 3.63) is 88.5 Å². The second kappa shape index (κ2) is 10.1. The van der Waals surface area contributed by atoms with Crippen LogP contribution in [0.3, 0.4) is 0 Å². The van der Waals surface area contributed by atoms with E-state index in [2.05, 4.69) is 4.74 Å². The first-order chi connectivity index (χ1) is 17.0. The molecule has 1 saturated heterocycles. The van der Waals surface area contributed by atoms with Gasteiger partial charge in [0.1, 0.15) is 28.8 Å². The van der Waals surface area contributed by atoms with Crippen LogP contribution in [-0.2, 0) is 15.6 Å². The summed E-state index contributed by atoms with van der Waals surface area (Å²) in [6, 6.07) is 4.36. The van der Waals surface area contributed by atoms with Crippen molar-refractivity contribution < 1.29 is 49.3 Å².